The summed E-state index contributed by atoms with van der Waals surface area (Å²) in [6, 6.07) is 3.64. The summed E-state index contributed by atoms with van der Waals surface area (Å²) in [5.74, 6) is 0. The van der Waals surface area contributed by atoms with E-state index < -0.39 is 29.7 Å². The average molecular weight is 308 g/mol. The van der Waals surface area contributed by atoms with Gasteiger partial charge in [0.15, 0.2) is 0 Å². The summed E-state index contributed by atoms with van der Waals surface area (Å²) in [5.41, 5.74) is -2.35. The molecule has 0 saturated carbocycles. The predicted molar refractivity (Wildman–Crippen MR) is 58.7 cm³/mol. The zero-order valence-electron chi connectivity index (χ0n) is 10.0. The Morgan fingerprint density at radius 2 is 1.81 bits per heavy atom. The highest BCUT2D eigenvalue weighted by molar-refractivity contribution is 5.57. The largest absolute Gasteiger partial charge is 0.466 e. The lowest BCUT2D eigenvalue weighted by Gasteiger charge is -2.26. The fraction of sp³-hybridized carbons (Fsp3) is 0.250. The van der Waals surface area contributed by atoms with Gasteiger partial charge in [-0.3, -0.25) is 0 Å². The fourth-order valence-corrected chi connectivity index (χ4v) is 1.80. The number of anilines is 1. The van der Waals surface area contributed by atoms with Crippen molar-refractivity contribution in [2.24, 2.45) is 0 Å². The van der Waals surface area contributed by atoms with Gasteiger partial charge in [-0.25, -0.2) is 0 Å². The van der Waals surface area contributed by atoms with Crippen molar-refractivity contribution in [3.63, 3.8) is 0 Å². The van der Waals surface area contributed by atoms with Gasteiger partial charge in [0, 0.05) is 11.9 Å². The van der Waals surface area contributed by atoms with Crippen molar-refractivity contribution in [3.05, 3.63) is 41.8 Å². The Morgan fingerprint density at radius 1 is 1.14 bits per heavy atom. The molecule has 0 spiro atoms. The van der Waals surface area contributed by atoms with Crippen LogP contribution in [0, 0.1) is 11.3 Å². The Kier molecular flexibility index (Phi) is 3.49. The summed E-state index contributed by atoms with van der Waals surface area (Å²) >= 11 is 0. The first-order valence-electron chi connectivity index (χ1n) is 5.43. The summed E-state index contributed by atoms with van der Waals surface area (Å²) in [7, 11) is 0. The van der Waals surface area contributed by atoms with Crippen LogP contribution in [0.15, 0.2) is 30.7 Å². The lowest BCUT2D eigenvalue weighted by Crippen LogP contribution is -2.41. The molecule has 1 aromatic rings. The van der Waals surface area contributed by atoms with Crippen LogP contribution in [-0.4, -0.2) is 12.4 Å². The number of rotatable bonds is 1. The van der Waals surface area contributed by atoms with Gasteiger partial charge in [0.25, 0.3) is 6.23 Å². The van der Waals surface area contributed by atoms with E-state index in [2.05, 4.69) is 4.74 Å². The van der Waals surface area contributed by atoms with Gasteiger partial charge >= 0.3 is 12.4 Å². The second-order valence-electron chi connectivity index (χ2n) is 4.06. The highest BCUT2D eigenvalue weighted by Crippen LogP contribution is 2.38. The fourth-order valence-electron chi connectivity index (χ4n) is 1.80. The van der Waals surface area contributed by atoms with E-state index in [0.29, 0.717) is 11.0 Å². The number of alkyl halides is 6. The third kappa shape index (κ3) is 2.89. The standard InChI is InChI=1S/C12H6F6N2O/c13-11(14,15)9-5-8(2-1-7(9)6-19)20-3-4-21-10(20)12(16,17)18/h1-5,10H. The molecule has 1 aliphatic rings. The summed E-state index contributed by atoms with van der Waals surface area (Å²) in [6.45, 7) is 0. The van der Waals surface area contributed by atoms with Gasteiger partial charge in [-0.2, -0.15) is 31.6 Å². The Labute approximate surface area is 114 Å². The number of benzene rings is 1. The molecular weight excluding hydrogens is 302 g/mol. The molecule has 0 N–H and O–H groups in total. The molecule has 0 amide bonds. The first-order valence-corrected chi connectivity index (χ1v) is 5.43. The number of halogens is 6. The number of hydrogen-bond donors (Lipinski definition) is 0. The molecule has 0 aromatic heterocycles. The first-order chi connectivity index (χ1) is 9.64. The average Bonchev–Trinajstić information content (AvgIpc) is 2.86. The molecular formula is C12H6F6N2O. The predicted octanol–water partition coefficient (Wildman–Crippen LogP) is 3.77. The normalized spacial score (nSPS) is 18.5. The molecule has 0 saturated heterocycles. The maximum Gasteiger partial charge on any atom is 0.445 e. The third-order valence-corrected chi connectivity index (χ3v) is 2.69. The molecule has 1 heterocycles. The van der Waals surface area contributed by atoms with Gasteiger partial charge in [0.2, 0.25) is 0 Å². The molecule has 1 aromatic carbocycles. The minimum absolute atomic E-state index is 0.377. The second kappa shape index (κ2) is 4.87. The molecule has 9 heteroatoms. The maximum absolute atomic E-state index is 12.8. The van der Waals surface area contributed by atoms with E-state index in [4.69, 9.17) is 5.26 Å². The molecule has 1 unspecified atom stereocenters. The molecule has 21 heavy (non-hydrogen) atoms. The highest BCUT2D eigenvalue weighted by atomic mass is 19.4. The molecule has 0 bridgehead atoms. The van der Waals surface area contributed by atoms with Gasteiger partial charge in [0.05, 0.1) is 17.2 Å². The zero-order valence-corrected chi connectivity index (χ0v) is 10.0. The Balaban J connectivity index is 2.47. The molecule has 112 valence electrons. The van der Waals surface area contributed by atoms with E-state index in [1.807, 2.05) is 0 Å². The van der Waals surface area contributed by atoms with Crippen LogP contribution >= 0.6 is 0 Å². The van der Waals surface area contributed by atoms with E-state index >= 15 is 0 Å². The molecule has 0 radical (unpaired) electrons. The number of nitrogens with zero attached hydrogens (tertiary/aromatic N) is 2. The minimum Gasteiger partial charge on any atom is -0.466 e. The molecule has 0 fully saturated rings. The first kappa shape index (κ1) is 15.0. The monoisotopic (exact) mass is 308 g/mol. The summed E-state index contributed by atoms with van der Waals surface area (Å²) in [5, 5.41) is 8.64. The summed E-state index contributed by atoms with van der Waals surface area (Å²) < 4.78 is 80.8. The van der Waals surface area contributed by atoms with Crippen LogP contribution in [0.25, 0.3) is 0 Å². The maximum atomic E-state index is 12.8. The van der Waals surface area contributed by atoms with Crippen LogP contribution in [0.1, 0.15) is 11.1 Å². The second-order valence-corrected chi connectivity index (χ2v) is 4.06. The van der Waals surface area contributed by atoms with Crippen molar-refractivity contribution in [3.8, 4) is 6.07 Å². The van der Waals surface area contributed by atoms with Crippen LogP contribution in [0.4, 0.5) is 32.0 Å². The minimum atomic E-state index is -4.85. The smallest absolute Gasteiger partial charge is 0.445 e. The molecule has 0 aliphatic carbocycles. The van der Waals surface area contributed by atoms with Crippen LogP contribution in [0.3, 0.4) is 0 Å². The van der Waals surface area contributed by atoms with Gasteiger partial charge in [-0.05, 0) is 18.2 Å². The van der Waals surface area contributed by atoms with Gasteiger partial charge in [-0.15, -0.1) is 0 Å². The number of ether oxygens (including phenoxy) is 1. The summed E-state index contributed by atoms with van der Waals surface area (Å²) in [4.78, 5) is 0.510. The van der Waals surface area contributed by atoms with E-state index in [0.717, 1.165) is 24.6 Å². The van der Waals surface area contributed by atoms with Crippen LogP contribution < -0.4 is 4.90 Å². The van der Waals surface area contributed by atoms with Crippen LogP contribution in [0.2, 0.25) is 0 Å². The van der Waals surface area contributed by atoms with Gasteiger partial charge < -0.3 is 9.64 Å². The number of nitriles is 1. The van der Waals surface area contributed by atoms with Crippen molar-refractivity contribution >= 4 is 5.69 Å². The quantitative estimate of drug-likeness (QED) is 0.741. The van der Waals surface area contributed by atoms with E-state index in [1.165, 1.54) is 6.07 Å². The van der Waals surface area contributed by atoms with Gasteiger partial charge in [-0.1, -0.05) is 0 Å². The lowest BCUT2D eigenvalue weighted by molar-refractivity contribution is -0.198. The van der Waals surface area contributed by atoms with Crippen molar-refractivity contribution in [1.29, 1.82) is 5.26 Å². The zero-order chi connectivity index (χ0) is 15.8. The third-order valence-electron chi connectivity index (χ3n) is 2.69. The molecule has 1 aliphatic heterocycles. The van der Waals surface area contributed by atoms with E-state index in [-0.39, 0.29) is 5.69 Å². The van der Waals surface area contributed by atoms with Crippen LogP contribution in [0.5, 0.6) is 0 Å². The van der Waals surface area contributed by atoms with E-state index in [9.17, 15) is 26.3 Å². The van der Waals surface area contributed by atoms with Crippen molar-refractivity contribution in [2.45, 2.75) is 18.6 Å². The molecule has 3 nitrogen and oxygen atoms in total. The van der Waals surface area contributed by atoms with Crippen LogP contribution in [-0.2, 0) is 10.9 Å². The van der Waals surface area contributed by atoms with Crippen molar-refractivity contribution in [1.82, 2.24) is 0 Å². The highest BCUT2D eigenvalue weighted by Gasteiger charge is 2.47. The number of hydrogen-bond acceptors (Lipinski definition) is 3. The summed E-state index contributed by atoms with van der Waals surface area (Å²) in [6.07, 6.45) is -10.4. The van der Waals surface area contributed by atoms with E-state index in [1.54, 1.807) is 0 Å². The molecule has 2 rings (SSSR count). The Hall–Kier alpha value is -2.37. The van der Waals surface area contributed by atoms with Gasteiger partial charge in [0.1, 0.15) is 6.26 Å². The lowest BCUT2D eigenvalue weighted by atomic mass is 10.1. The van der Waals surface area contributed by atoms with Crippen molar-refractivity contribution in [2.75, 3.05) is 4.90 Å². The molecule has 1 atom stereocenters. The Morgan fingerprint density at radius 3 is 2.33 bits per heavy atom. The Bertz CT molecular complexity index is 614. The SMILES string of the molecule is N#Cc1ccc(N2C=COC2C(F)(F)F)cc1C(F)(F)F. The van der Waals surface area contributed by atoms with Crippen molar-refractivity contribution < 1.29 is 31.1 Å². The topological polar surface area (TPSA) is 36.3 Å².